The van der Waals surface area contributed by atoms with Gasteiger partial charge in [-0.15, -0.1) is 0 Å². The second-order valence-corrected chi connectivity index (χ2v) is 7.61. The van der Waals surface area contributed by atoms with Crippen LogP contribution in [0.3, 0.4) is 0 Å². The Morgan fingerprint density at radius 3 is 2.45 bits per heavy atom. The molecule has 0 unspecified atom stereocenters. The minimum atomic E-state index is -4.90. The molecular weight excluding hydrogens is 533 g/mol. The highest BCUT2D eigenvalue weighted by Gasteiger charge is 2.36. The number of para-hydroxylation sites is 1. The Kier molecular flexibility index (Phi) is 7.03. The summed E-state index contributed by atoms with van der Waals surface area (Å²) in [5.74, 6) is -2.70. The lowest BCUT2D eigenvalue weighted by molar-refractivity contribution is -0.137. The van der Waals surface area contributed by atoms with E-state index in [1.807, 2.05) is 10.9 Å². The number of amides is 3. The molecule has 3 aromatic rings. The molecule has 0 saturated carbocycles. The average molecular weight is 546 g/mol. The van der Waals surface area contributed by atoms with Crippen molar-refractivity contribution in [2.75, 3.05) is 5.32 Å². The third-order valence-electron chi connectivity index (χ3n) is 4.06. The topological polar surface area (TPSA) is 118 Å². The molecular formula is C19H13BrClF3N6O3. The monoisotopic (exact) mass is 544 g/mol. The molecule has 3 N–H and O–H groups in total. The average Bonchev–Trinajstić information content (AvgIpc) is 3.13. The van der Waals surface area contributed by atoms with E-state index in [0.29, 0.717) is 6.07 Å². The Morgan fingerprint density at radius 2 is 1.82 bits per heavy atom. The predicted molar refractivity (Wildman–Crippen MR) is 115 cm³/mol. The minimum Gasteiger partial charge on any atom is -0.319 e. The van der Waals surface area contributed by atoms with E-state index in [1.165, 1.54) is 18.3 Å². The molecule has 2 aromatic heterocycles. The van der Waals surface area contributed by atoms with Crippen LogP contribution in [0.1, 0.15) is 33.3 Å². The van der Waals surface area contributed by atoms with Gasteiger partial charge in [0.25, 0.3) is 11.8 Å². The molecule has 2 heterocycles. The summed E-state index contributed by atoms with van der Waals surface area (Å²) in [6.07, 6.45) is -3.51. The molecule has 0 bridgehead atoms. The third-order valence-corrected chi connectivity index (χ3v) is 4.74. The zero-order valence-electron chi connectivity index (χ0n) is 16.5. The number of hydrogen-bond acceptors (Lipinski definition) is 5. The van der Waals surface area contributed by atoms with Crippen LogP contribution < -0.4 is 16.2 Å². The van der Waals surface area contributed by atoms with Gasteiger partial charge in [0, 0.05) is 19.2 Å². The van der Waals surface area contributed by atoms with E-state index in [-0.39, 0.29) is 21.1 Å². The van der Waals surface area contributed by atoms with Gasteiger partial charge in [0.05, 0.1) is 21.8 Å². The molecule has 0 aliphatic carbocycles. The molecule has 1 aromatic carbocycles. The van der Waals surface area contributed by atoms with Gasteiger partial charge in [0.2, 0.25) is 5.91 Å². The maximum atomic E-state index is 13.7. The van der Waals surface area contributed by atoms with Crippen LogP contribution in [0.5, 0.6) is 0 Å². The van der Waals surface area contributed by atoms with E-state index in [9.17, 15) is 27.6 Å². The van der Waals surface area contributed by atoms with Gasteiger partial charge in [0.1, 0.15) is 10.3 Å². The van der Waals surface area contributed by atoms with Crippen molar-refractivity contribution < 1.29 is 27.6 Å². The lowest BCUT2D eigenvalue weighted by atomic mass is 10.1. The van der Waals surface area contributed by atoms with Crippen molar-refractivity contribution >= 4 is 50.9 Å². The Hall–Kier alpha value is -3.45. The van der Waals surface area contributed by atoms with Gasteiger partial charge in [-0.2, -0.15) is 18.3 Å². The van der Waals surface area contributed by atoms with Crippen LogP contribution in [0, 0.1) is 0 Å². The van der Waals surface area contributed by atoms with E-state index in [2.05, 4.69) is 31.3 Å². The molecule has 0 spiro atoms. The first-order valence-electron chi connectivity index (χ1n) is 8.94. The molecule has 0 aliphatic heterocycles. The largest absolute Gasteiger partial charge is 0.418 e. The van der Waals surface area contributed by atoms with Crippen LogP contribution in [0.4, 0.5) is 18.9 Å². The number of nitrogens with one attached hydrogen (secondary N) is 3. The van der Waals surface area contributed by atoms with Crippen LogP contribution >= 0.6 is 27.5 Å². The fourth-order valence-corrected chi connectivity index (χ4v) is 3.29. The summed E-state index contributed by atoms with van der Waals surface area (Å²) in [6.45, 7) is 1.09. The zero-order chi connectivity index (χ0) is 24.3. The van der Waals surface area contributed by atoms with E-state index < -0.39 is 40.7 Å². The van der Waals surface area contributed by atoms with Crippen molar-refractivity contribution in [2.24, 2.45) is 0 Å². The Bertz CT molecular complexity index is 1250. The summed E-state index contributed by atoms with van der Waals surface area (Å²) in [6, 6.07) is 7.04. The van der Waals surface area contributed by atoms with Crippen LogP contribution in [-0.2, 0) is 11.0 Å². The van der Waals surface area contributed by atoms with E-state index in [4.69, 9.17) is 11.6 Å². The number of carbonyl (C=O) groups excluding carboxylic acids is 3. The van der Waals surface area contributed by atoms with Gasteiger partial charge in [-0.1, -0.05) is 17.7 Å². The standard InChI is InChI=1S/C19H13BrClF3N6O3/c1-9(31)27-28-17(32)10-4-2-5-11(19(22,23)24)15(10)26-18(33)13-8-14(20)29-30(13)16-12(21)6-3-7-25-16/h2-8H,1H3,(H,26,33)(H,27,31)(H,28,32). The van der Waals surface area contributed by atoms with Crippen LogP contribution in [0.25, 0.3) is 5.82 Å². The molecule has 0 aliphatic rings. The van der Waals surface area contributed by atoms with E-state index >= 15 is 0 Å². The first kappa shape index (κ1) is 24.2. The third kappa shape index (κ3) is 5.49. The Labute approximate surface area is 197 Å². The minimum absolute atomic E-state index is 0.0581. The van der Waals surface area contributed by atoms with Crippen molar-refractivity contribution in [3.05, 3.63) is 69.0 Å². The van der Waals surface area contributed by atoms with Gasteiger partial charge < -0.3 is 5.32 Å². The number of nitrogens with zero attached hydrogens (tertiary/aromatic N) is 3. The number of alkyl halides is 3. The maximum absolute atomic E-state index is 13.7. The number of rotatable bonds is 4. The Morgan fingerprint density at radius 1 is 1.09 bits per heavy atom. The molecule has 33 heavy (non-hydrogen) atoms. The number of benzene rings is 1. The normalized spacial score (nSPS) is 11.1. The molecule has 9 nitrogen and oxygen atoms in total. The van der Waals surface area contributed by atoms with Crippen molar-refractivity contribution in [2.45, 2.75) is 13.1 Å². The molecule has 0 radical (unpaired) electrons. The second kappa shape index (κ2) is 9.58. The molecule has 0 fully saturated rings. The molecule has 0 saturated heterocycles. The summed E-state index contributed by atoms with van der Waals surface area (Å²) in [7, 11) is 0. The molecule has 3 amide bonds. The van der Waals surface area contributed by atoms with Crippen LogP contribution in [0.15, 0.2) is 47.2 Å². The van der Waals surface area contributed by atoms with Gasteiger partial charge in [0.15, 0.2) is 5.82 Å². The van der Waals surface area contributed by atoms with Crippen molar-refractivity contribution in [1.82, 2.24) is 25.6 Å². The first-order chi connectivity index (χ1) is 15.5. The van der Waals surface area contributed by atoms with Crippen molar-refractivity contribution in [1.29, 1.82) is 0 Å². The molecule has 14 heteroatoms. The summed E-state index contributed by atoms with van der Waals surface area (Å²) in [4.78, 5) is 40.5. The number of carbonyl (C=O) groups is 3. The molecule has 3 rings (SSSR count). The number of pyridine rings is 1. The maximum Gasteiger partial charge on any atom is 0.418 e. The summed E-state index contributed by atoms with van der Waals surface area (Å²) >= 11 is 9.22. The first-order valence-corrected chi connectivity index (χ1v) is 10.1. The molecule has 172 valence electrons. The smallest absolute Gasteiger partial charge is 0.319 e. The lowest BCUT2D eigenvalue weighted by Crippen LogP contribution is -2.40. The SMILES string of the molecule is CC(=O)NNC(=O)c1cccc(C(F)(F)F)c1NC(=O)c1cc(Br)nn1-c1ncccc1Cl. The van der Waals surface area contributed by atoms with Gasteiger partial charge in [-0.05, 0) is 40.2 Å². The van der Waals surface area contributed by atoms with Crippen LogP contribution in [0.2, 0.25) is 5.02 Å². The second-order valence-electron chi connectivity index (χ2n) is 6.39. The van der Waals surface area contributed by atoms with Crippen molar-refractivity contribution in [3.8, 4) is 5.82 Å². The van der Waals surface area contributed by atoms with Crippen LogP contribution in [-0.4, -0.2) is 32.5 Å². The van der Waals surface area contributed by atoms with Crippen molar-refractivity contribution in [3.63, 3.8) is 0 Å². The fourth-order valence-electron chi connectivity index (χ4n) is 2.71. The number of hydrogen-bond donors (Lipinski definition) is 3. The highest BCUT2D eigenvalue weighted by Crippen LogP contribution is 2.37. The highest BCUT2D eigenvalue weighted by atomic mass is 79.9. The Balaban J connectivity index is 2.06. The van der Waals surface area contributed by atoms with Gasteiger partial charge >= 0.3 is 6.18 Å². The molecule has 0 atom stereocenters. The van der Waals surface area contributed by atoms with E-state index in [1.54, 1.807) is 6.07 Å². The number of halogens is 5. The summed E-state index contributed by atoms with van der Waals surface area (Å²) < 4.78 is 42.2. The van der Waals surface area contributed by atoms with Gasteiger partial charge in [-0.25, -0.2) is 9.67 Å². The number of aromatic nitrogens is 3. The van der Waals surface area contributed by atoms with Gasteiger partial charge in [-0.3, -0.25) is 25.2 Å². The number of hydrazine groups is 1. The highest BCUT2D eigenvalue weighted by molar-refractivity contribution is 9.10. The fraction of sp³-hybridized carbons (Fsp3) is 0.105. The summed E-state index contributed by atoms with van der Waals surface area (Å²) in [5.41, 5.74) is 1.12. The zero-order valence-corrected chi connectivity index (χ0v) is 18.8. The van der Waals surface area contributed by atoms with E-state index in [0.717, 1.165) is 23.7 Å². The summed E-state index contributed by atoms with van der Waals surface area (Å²) in [5, 5.41) is 6.32. The quantitative estimate of drug-likeness (QED) is 0.432. The number of anilines is 1. The lowest BCUT2D eigenvalue weighted by Gasteiger charge is -2.18. The predicted octanol–water partition coefficient (Wildman–Crippen LogP) is 3.74.